The molecular formula is C16H21ClN2O3. The summed E-state index contributed by atoms with van der Waals surface area (Å²) in [5.41, 5.74) is 0.611. The van der Waals surface area contributed by atoms with Gasteiger partial charge in [-0.3, -0.25) is 9.59 Å². The van der Waals surface area contributed by atoms with Crippen LogP contribution in [0.1, 0.15) is 25.7 Å². The largest absolute Gasteiger partial charge is 0.362 e. The van der Waals surface area contributed by atoms with Gasteiger partial charge in [0.05, 0.1) is 0 Å². The Morgan fingerprint density at radius 1 is 1.14 bits per heavy atom. The lowest BCUT2D eigenvalue weighted by Crippen LogP contribution is -2.35. The molecule has 5 nitrogen and oxygen atoms in total. The predicted octanol–water partition coefficient (Wildman–Crippen LogP) is 2.70. The minimum atomic E-state index is -0.300. The first-order chi connectivity index (χ1) is 10.6. The summed E-state index contributed by atoms with van der Waals surface area (Å²) in [5, 5.41) is 3.22. The van der Waals surface area contributed by atoms with Crippen LogP contribution >= 0.6 is 11.6 Å². The number of nitrogens with one attached hydrogen (secondary N) is 1. The van der Waals surface area contributed by atoms with E-state index in [2.05, 4.69) is 5.32 Å². The topological polar surface area (TPSA) is 58.6 Å². The molecule has 1 saturated heterocycles. The molecule has 0 spiro atoms. The molecule has 1 aliphatic heterocycles. The number of amides is 2. The molecule has 1 aromatic rings. The van der Waals surface area contributed by atoms with Crippen molar-refractivity contribution in [2.45, 2.75) is 25.7 Å². The number of hydrogen-bond donors (Lipinski definition) is 1. The highest BCUT2D eigenvalue weighted by molar-refractivity contribution is 6.30. The van der Waals surface area contributed by atoms with Crippen molar-refractivity contribution in [3.8, 4) is 0 Å². The van der Waals surface area contributed by atoms with Crippen molar-refractivity contribution in [2.24, 2.45) is 0 Å². The van der Waals surface area contributed by atoms with Crippen LogP contribution in [0, 0.1) is 0 Å². The van der Waals surface area contributed by atoms with Crippen molar-refractivity contribution in [1.29, 1.82) is 0 Å². The number of carbonyl (C=O) groups is 2. The van der Waals surface area contributed by atoms with Crippen LogP contribution in [-0.4, -0.2) is 43.0 Å². The molecule has 120 valence electrons. The monoisotopic (exact) mass is 324 g/mol. The zero-order valence-corrected chi connectivity index (χ0v) is 13.3. The van der Waals surface area contributed by atoms with Gasteiger partial charge in [-0.05, 0) is 31.0 Å². The van der Waals surface area contributed by atoms with E-state index in [9.17, 15) is 9.59 Å². The van der Waals surface area contributed by atoms with E-state index in [1.165, 1.54) is 12.8 Å². The van der Waals surface area contributed by atoms with Gasteiger partial charge in [-0.25, -0.2) is 0 Å². The van der Waals surface area contributed by atoms with Crippen LogP contribution in [0.2, 0.25) is 5.02 Å². The summed E-state index contributed by atoms with van der Waals surface area (Å²) in [5.74, 6) is -0.344. The summed E-state index contributed by atoms with van der Waals surface area (Å²) in [6.45, 7) is 1.38. The van der Waals surface area contributed by atoms with Crippen LogP contribution in [0.3, 0.4) is 0 Å². The number of likely N-dealkylation sites (tertiary alicyclic amines) is 1. The maximum atomic E-state index is 12.0. The van der Waals surface area contributed by atoms with Crippen molar-refractivity contribution in [3.05, 3.63) is 29.3 Å². The minimum absolute atomic E-state index is 0.0440. The highest BCUT2D eigenvalue weighted by Crippen LogP contribution is 2.14. The number of anilines is 1. The molecular weight excluding hydrogens is 304 g/mol. The molecule has 22 heavy (non-hydrogen) atoms. The van der Waals surface area contributed by atoms with Gasteiger partial charge in [-0.15, -0.1) is 0 Å². The van der Waals surface area contributed by atoms with Gasteiger partial charge in [0.25, 0.3) is 0 Å². The summed E-state index contributed by atoms with van der Waals surface area (Å²) in [6.07, 6.45) is 4.43. The number of hydrogen-bond acceptors (Lipinski definition) is 3. The molecule has 6 heteroatoms. The summed E-state index contributed by atoms with van der Waals surface area (Å²) < 4.78 is 5.22. The Kier molecular flexibility index (Phi) is 6.68. The molecule has 0 unspecified atom stereocenters. The van der Waals surface area contributed by atoms with Crippen molar-refractivity contribution in [3.63, 3.8) is 0 Å². The van der Waals surface area contributed by atoms with Crippen molar-refractivity contribution < 1.29 is 14.3 Å². The fraction of sp³-hybridized carbons (Fsp3) is 0.500. The van der Waals surface area contributed by atoms with E-state index in [1.54, 1.807) is 24.3 Å². The van der Waals surface area contributed by atoms with E-state index in [0.29, 0.717) is 10.7 Å². The molecule has 1 heterocycles. The molecule has 0 aromatic heterocycles. The Bertz CT molecular complexity index is 514. The number of carbonyl (C=O) groups excluding carboxylic acids is 2. The lowest BCUT2D eigenvalue weighted by atomic mass is 10.2. The van der Waals surface area contributed by atoms with Gasteiger partial charge in [0.15, 0.2) is 0 Å². The lowest BCUT2D eigenvalue weighted by molar-refractivity contribution is -0.137. The molecule has 0 aliphatic carbocycles. The Hall–Kier alpha value is -1.59. The minimum Gasteiger partial charge on any atom is -0.362 e. The lowest BCUT2D eigenvalue weighted by Gasteiger charge is -2.20. The van der Waals surface area contributed by atoms with Gasteiger partial charge in [-0.1, -0.05) is 30.5 Å². The molecule has 0 radical (unpaired) electrons. The maximum Gasteiger partial charge on any atom is 0.250 e. The highest BCUT2D eigenvalue weighted by atomic mass is 35.5. The highest BCUT2D eigenvalue weighted by Gasteiger charge is 2.15. The SMILES string of the molecule is O=C(COCC(=O)N1CCCCCC1)Nc1cccc(Cl)c1. The number of ether oxygens (including phenoxy) is 1. The third-order valence-electron chi connectivity index (χ3n) is 3.53. The molecule has 1 aliphatic rings. The zero-order valence-electron chi connectivity index (χ0n) is 12.5. The van der Waals surface area contributed by atoms with Crippen LogP contribution in [0.15, 0.2) is 24.3 Å². The van der Waals surface area contributed by atoms with Gasteiger partial charge in [0.2, 0.25) is 11.8 Å². The first kappa shape index (κ1) is 16.8. The molecule has 0 saturated carbocycles. The molecule has 0 bridgehead atoms. The average Bonchev–Trinajstić information content (AvgIpc) is 2.76. The Labute approximate surface area is 135 Å². The maximum absolute atomic E-state index is 12.0. The van der Waals surface area contributed by atoms with Crippen LogP contribution in [0.5, 0.6) is 0 Å². The molecule has 2 amide bonds. The van der Waals surface area contributed by atoms with E-state index in [-0.39, 0.29) is 25.0 Å². The van der Waals surface area contributed by atoms with Gasteiger partial charge in [0, 0.05) is 23.8 Å². The van der Waals surface area contributed by atoms with Crippen LogP contribution in [0.4, 0.5) is 5.69 Å². The van der Waals surface area contributed by atoms with Crippen LogP contribution in [0.25, 0.3) is 0 Å². The van der Waals surface area contributed by atoms with Gasteiger partial charge < -0.3 is 15.0 Å². The van der Waals surface area contributed by atoms with Crippen molar-refractivity contribution in [1.82, 2.24) is 4.90 Å². The zero-order chi connectivity index (χ0) is 15.8. The molecule has 2 rings (SSSR count). The normalized spacial score (nSPS) is 15.2. The summed E-state index contributed by atoms with van der Waals surface area (Å²) >= 11 is 5.84. The second kappa shape index (κ2) is 8.76. The van der Waals surface area contributed by atoms with E-state index >= 15 is 0 Å². The molecule has 0 atom stereocenters. The van der Waals surface area contributed by atoms with Crippen molar-refractivity contribution >= 4 is 29.1 Å². The predicted molar refractivity (Wildman–Crippen MR) is 85.9 cm³/mol. The fourth-order valence-corrected chi connectivity index (χ4v) is 2.60. The third kappa shape index (κ3) is 5.66. The average molecular weight is 325 g/mol. The first-order valence-corrected chi connectivity index (χ1v) is 7.94. The van der Waals surface area contributed by atoms with Crippen LogP contribution in [-0.2, 0) is 14.3 Å². The van der Waals surface area contributed by atoms with E-state index < -0.39 is 0 Å². The number of nitrogens with zero attached hydrogens (tertiary/aromatic N) is 1. The standard InChI is InChI=1S/C16H21ClN2O3/c17-13-6-5-7-14(10-13)18-15(20)11-22-12-16(21)19-8-3-1-2-4-9-19/h5-7,10H,1-4,8-9,11-12H2,(H,18,20). The second-order valence-electron chi connectivity index (χ2n) is 5.35. The Balaban J connectivity index is 1.69. The molecule has 1 N–H and O–H groups in total. The van der Waals surface area contributed by atoms with Crippen LogP contribution < -0.4 is 5.32 Å². The Morgan fingerprint density at radius 2 is 1.86 bits per heavy atom. The summed E-state index contributed by atoms with van der Waals surface area (Å²) in [7, 11) is 0. The van der Waals surface area contributed by atoms with Crippen molar-refractivity contribution in [2.75, 3.05) is 31.6 Å². The van der Waals surface area contributed by atoms with E-state index in [0.717, 1.165) is 25.9 Å². The van der Waals surface area contributed by atoms with E-state index in [4.69, 9.17) is 16.3 Å². The van der Waals surface area contributed by atoms with Gasteiger partial charge in [0.1, 0.15) is 13.2 Å². The summed E-state index contributed by atoms with van der Waals surface area (Å²) in [6, 6.07) is 6.88. The molecule has 1 aromatic carbocycles. The first-order valence-electron chi connectivity index (χ1n) is 7.56. The number of rotatable bonds is 5. The van der Waals surface area contributed by atoms with Gasteiger partial charge in [-0.2, -0.15) is 0 Å². The number of benzene rings is 1. The second-order valence-corrected chi connectivity index (χ2v) is 5.78. The third-order valence-corrected chi connectivity index (χ3v) is 3.76. The fourth-order valence-electron chi connectivity index (χ4n) is 2.41. The molecule has 1 fully saturated rings. The smallest absolute Gasteiger partial charge is 0.250 e. The summed E-state index contributed by atoms with van der Waals surface area (Å²) in [4.78, 5) is 25.5. The quantitative estimate of drug-likeness (QED) is 0.906. The number of halogens is 1. The Morgan fingerprint density at radius 3 is 2.55 bits per heavy atom. The van der Waals surface area contributed by atoms with E-state index in [1.807, 2.05) is 4.90 Å². The van der Waals surface area contributed by atoms with Gasteiger partial charge >= 0.3 is 0 Å².